The fourth-order valence-electron chi connectivity index (χ4n) is 0.820. The van der Waals surface area contributed by atoms with Crippen molar-refractivity contribution < 1.29 is 9.84 Å². The van der Waals surface area contributed by atoms with Crippen LogP contribution < -0.4 is 5.32 Å². The van der Waals surface area contributed by atoms with Gasteiger partial charge in [0.2, 0.25) is 6.41 Å². The molecule has 1 aliphatic heterocycles. The van der Waals surface area contributed by atoms with Gasteiger partial charge < -0.3 is 15.2 Å². The maximum absolute atomic E-state index is 9.25. The topological polar surface area (TPSA) is 53.9 Å². The molecule has 0 saturated heterocycles. The molecule has 0 aliphatic carbocycles. The Labute approximate surface area is 76.4 Å². The van der Waals surface area contributed by atoms with E-state index in [4.69, 9.17) is 4.74 Å². The molecule has 0 bridgehead atoms. The van der Waals surface area contributed by atoms with Gasteiger partial charge in [-0.2, -0.15) is 0 Å². The van der Waals surface area contributed by atoms with E-state index in [-0.39, 0.29) is 6.10 Å². The van der Waals surface area contributed by atoms with Crippen LogP contribution in [0.5, 0.6) is 0 Å². The third-order valence-electron chi connectivity index (χ3n) is 1.23. The van der Waals surface area contributed by atoms with E-state index in [9.17, 15) is 5.11 Å². The zero-order chi connectivity index (χ0) is 8.97. The maximum Gasteiger partial charge on any atom is 0.237 e. The van der Waals surface area contributed by atoms with Crippen LogP contribution in [0.3, 0.4) is 0 Å². The summed E-state index contributed by atoms with van der Waals surface area (Å²) >= 11 is 1.60. The van der Waals surface area contributed by atoms with Crippen molar-refractivity contribution in [3.8, 4) is 0 Å². The number of aliphatic hydroxyl groups excluding tert-OH is 1. The van der Waals surface area contributed by atoms with Crippen molar-refractivity contribution in [2.75, 3.05) is 12.3 Å². The first-order valence-electron chi connectivity index (χ1n) is 3.96. The number of hydrogen-bond donors (Lipinski definition) is 2. The first-order chi connectivity index (χ1) is 5.68. The fraction of sp³-hybridized carbons (Fsp3) is 0.857. The maximum atomic E-state index is 9.25. The smallest absolute Gasteiger partial charge is 0.237 e. The molecular formula is C7H14N2O2S. The Kier molecular flexibility index (Phi) is 3.84. The van der Waals surface area contributed by atoms with Gasteiger partial charge in [-0.15, -0.1) is 0 Å². The van der Waals surface area contributed by atoms with Crippen molar-refractivity contribution in [3.63, 3.8) is 0 Å². The number of aliphatic hydroxyl groups is 1. The molecule has 1 heterocycles. The molecule has 4 nitrogen and oxygen atoms in total. The van der Waals surface area contributed by atoms with Crippen molar-refractivity contribution in [2.24, 2.45) is 4.99 Å². The summed E-state index contributed by atoms with van der Waals surface area (Å²) in [6.07, 6.45) is -0.922. The number of nitrogens with zero attached hydrogens (tertiary/aromatic N) is 1. The quantitative estimate of drug-likeness (QED) is 0.632. The molecule has 5 heteroatoms. The Morgan fingerprint density at radius 1 is 1.67 bits per heavy atom. The van der Waals surface area contributed by atoms with E-state index in [1.807, 2.05) is 13.8 Å². The fourth-order valence-corrected chi connectivity index (χ4v) is 1.56. The van der Waals surface area contributed by atoms with E-state index in [1.54, 1.807) is 11.8 Å². The van der Waals surface area contributed by atoms with Crippen LogP contribution in [0.2, 0.25) is 0 Å². The molecule has 70 valence electrons. The second kappa shape index (κ2) is 4.69. The molecule has 0 fully saturated rings. The average molecular weight is 190 g/mol. The van der Waals surface area contributed by atoms with Gasteiger partial charge in [0.25, 0.3) is 0 Å². The number of nitrogens with one attached hydrogen (secondary N) is 1. The summed E-state index contributed by atoms with van der Waals surface area (Å²) in [4.78, 5) is 4.11. The van der Waals surface area contributed by atoms with Crippen LogP contribution in [-0.2, 0) is 4.74 Å². The zero-order valence-corrected chi connectivity index (χ0v) is 8.10. The third kappa shape index (κ3) is 3.42. The predicted molar refractivity (Wildman–Crippen MR) is 50.1 cm³/mol. The highest BCUT2D eigenvalue weighted by Gasteiger charge is 2.12. The van der Waals surface area contributed by atoms with Crippen molar-refractivity contribution in [2.45, 2.75) is 26.4 Å². The number of ether oxygens (including phenoxy) is 1. The Morgan fingerprint density at radius 2 is 2.42 bits per heavy atom. The summed E-state index contributed by atoms with van der Waals surface area (Å²) in [7, 11) is 0. The first-order valence-corrected chi connectivity index (χ1v) is 4.94. The van der Waals surface area contributed by atoms with Gasteiger partial charge in [-0.25, -0.2) is 0 Å². The third-order valence-corrected chi connectivity index (χ3v) is 2.14. The molecule has 0 aromatic carbocycles. The van der Waals surface area contributed by atoms with Crippen molar-refractivity contribution >= 4 is 16.9 Å². The van der Waals surface area contributed by atoms with Crippen LogP contribution in [-0.4, -0.2) is 35.1 Å². The van der Waals surface area contributed by atoms with Crippen molar-refractivity contribution in [1.82, 2.24) is 5.32 Å². The van der Waals surface area contributed by atoms with Gasteiger partial charge in [0.15, 0.2) is 5.17 Å². The lowest BCUT2D eigenvalue weighted by Gasteiger charge is -2.16. The van der Waals surface area contributed by atoms with Gasteiger partial charge in [-0.3, -0.25) is 4.99 Å². The zero-order valence-electron chi connectivity index (χ0n) is 7.28. The molecule has 1 rings (SSSR count). The summed E-state index contributed by atoms with van der Waals surface area (Å²) in [5, 5.41) is 12.8. The SMILES string of the molecule is CC(C)OC(O)NC1=NCCS1. The molecule has 0 spiro atoms. The minimum Gasteiger partial charge on any atom is -0.351 e. The van der Waals surface area contributed by atoms with Gasteiger partial charge in [0.05, 0.1) is 12.6 Å². The molecule has 1 unspecified atom stereocenters. The average Bonchev–Trinajstić information content (AvgIpc) is 2.37. The molecule has 0 aromatic heterocycles. The van der Waals surface area contributed by atoms with E-state index < -0.39 is 6.41 Å². The molecule has 1 aliphatic rings. The van der Waals surface area contributed by atoms with Gasteiger partial charge >= 0.3 is 0 Å². The molecule has 0 aromatic rings. The number of hydrogen-bond acceptors (Lipinski definition) is 5. The van der Waals surface area contributed by atoms with Crippen LogP contribution in [0.1, 0.15) is 13.8 Å². The van der Waals surface area contributed by atoms with Gasteiger partial charge in [-0.05, 0) is 13.8 Å². The summed E-state index contributed by atoms with van der Waals surface area (Å²) in [6, 6.07) is 0. The molecule has 0 radical (unpaired) electrons. The van der Waals surface area contributed by atoms with Gasteiger partial charge in [0, 0.05) is 5.75 Å². The second-order valence-electron chi connectivity index (χ2n) is 2.72. The lowest BCUT2D eigenvalue weighted by molar-refractivity contribution is -0.133. The molecule has 12 heavy (non-hydrogen) atoms. The summed E-state index contributed by atoms with van der Waals surface area (Å²) in [5.41, 5.74) is 0. The van der Waals surface area contributed by atoms with Crippen LogP contribution in [0.4, 0.5) is 0 Å². The Hall–Kier alpha value is -0.260. The van der Waals surface area contributed by atoms with Crippen LogP contribution >= 0.6 is 11.8 Å². The molecule has 2 N–H and O–H groups in total. The lowest BCUT2D eigenvalue weighted by Crippen LogP contribution is -2.36. The normalized spacial score (nSPS) is 19.5. The number of rotatable bonds is 3. The molecular weight excluding hydrogens is 176 g/mol. The molecule has 0 amide bonds. The largest absolute Gasteiger partial charge is 0.351 e. The Bertz CT molecular complexity index is 173. The predicted octanol–water partition coefficient (Wildman–Crippen LogP) is 0.380. The summed E-state index contributed by atoms with van der Waals surface area (Å²) < 4.78 is 5.06. The second-order valence-corrected chi connectivity index (χ2v) is 3.80. The van der Waals surface area contributed by atoms with E-state index in [0.717, 1.165) is 17.5 Å². The Morgan fingerprint density at radius 3 is 2.92 bits per heavy atom. The highest BCUT2D eigenvalue weighted by Crippen LogP contribution is 2.09. The summed E-state index contributed by atoms with van der Waals surface area (Å²) in [5.74, 6) is 0.983. The number of amidine groups is 1. The van der Waals surface area contributed by atoms with E-state index in [1.165, 1.54) is 0 Å². The highest BCUT2D eigenvalue weighted by molar-refractivity contribution is 8.14. The number of thioether (sulfide) groups is 1. The summed E-state index contributed by atoms with van der Waals surface area (Å²) in [6.45, 7) is 4.56. The van der Waals surface area contributed by atoms with Crippen LogP contribution in [0.25, 0.3) is 0 Å². The minimum absolute atomic E-state index is 0.0134. The lowest BCUT2D eigenvalue weighted by atomic mass is 10.5. The molecule has 0 saturated carbocycles. The van der Waals surface area contributed by atoms with E-state index in [0.29, 0.717) is 0 Å². The first kappa shape index (κ1) is 9.83. The monoisotopic (exact) mass is 190 g/mol. The van der Waals surface area contributed by atoms with E-state index >= 15 is 0 Å². The van der Waals surface area contributed by atoms with Gasteiger partial charge in [0.1, 0.15) is 0 Å². The minimum atomic E-state index is -0.936. The van der Waals surface area contributed by atoms with Crippen molar-refractivity contribution in [3.05, 3.63) is 0 Å². The van der Waals surface area contributed by atoms with Crippen molar-refractivity contribution in [1.29, 1.82) is 0 Å². The Balaban J connectivity index is 2.21. The number of aliphatic imine (C=N–C) groups is 1. The van der Waals surface area contributed by atoms with Crippen LogP contribution in [0.15, 0.2) is 4.99 Å². The standard InChI is InChI=1S/C7H14N2O2S/c1-5(2)11-7(10)9-6-8-3-4-12-6/h5,7,10H,3-4H2,1-2H3,(H,8,9). The van der Waals surface area contributed by atoms with E-state index in [2.05, 4.69) is 10.3 Å². The van der Waals surface area contributed by atoms with Crippen LogP contribution in [0, 0.1) is 0 Å². The molecule has 1 atom stereocenters. The van der Waals surface area contributed by atoms with Gasteiger partial charge in [-0.1, -0.05) is 11.8 Å². The highest BCUT2D eigenvalue weighted by atomic mass is 32.2.